The van der Waals surface area contributed by atoms with Crippen molar-refractivity contribution in [1.29, 1.82) is 0 Å². The van der Waals surface area contributed by atoms with Crippen LogP contribution in [0.25, 0.3) is 6.08 Å². The van der Waals surface area contributed by atoms with E-state index in [0.29, 0.717) is 22.6 Å². The van der Waals surface area contributed by atoms with E-state index < -0.39 is 5.97 Å². The third-order valence-corrected chi connectivity index (χ3v) is 3.07. The van der Waals surface area contributed by atoms with Crippen LogP contribution in [-0.4, -0.2) is 29.4 Å². The Hall–Kier alpha value is -3.61. The number of carboxylic acid groups (broad SMARTS) is 1. The quantitative estimate of drug-likeness (QED) is 0.306. The third-order valence-electron chi connectivity index (χ3n) is 3.07. The van der Waals surface area contributed by atoms with Crippen LogP contribution >= 0.6 is 0 Å². The first-order valence-corrected chi connectivity index (χ1v) is 7.31. The molecule has 2 aromatic rings. The fraction of sp³-hybridized carbons (Fsp3) is 0.0556. The molecule has 0 saturated carbocycles. The minimum atomic E-state index is -1.04. The predicted octanol–water partition coefficient (Wildman–Crippen LogP) is 1.95. The highest BCUT2D eigenvalue weighted by Gasteiger charge is 2.08. The molecular weight excluding hydrogens is 322 g/mol. The van der Waals surface area contributed by atoms with Crippen molar-refractivity contribution in [2.75, 3.05) is 6.61 Å². The maximum atomic E-state index is 12.2. The summed E-state index contributed by atoms with van der Waals surface area (Å²) >= 11 is 0. The Morgan fingerprint density at radius 2 is 1.88 bits per heavy atom. The van der Waals surface area contributed by atoms with Crippen LogP contribution in [0.15, 0.2) is 59.6 Å². The summed E-state index contributed by atoms with van der Waals surface area (Å²) in [5.74, 6) is -0.908. The first-order chi connectivity index (χ1) is 11.9. The minimum Gasteiger partial charge on any atom is -0.485 e. The maximum absolute atomic E-state index is 12.2. The number of nitrogens with two attached hydrogens (primary N) is 2. The summed E-state index contributed by atoms with van der Waals surface area (Å²) in [6.45, 7) is -0.169. The smallest absolute Gasteiger partial charge is 0.328 e. The van der Waals surface area contributed by atoms with Gasteiger partial charge in [-0.2, -0.15) is 0 Å². The molecule has 0 radical (unpaired) electrons. The van der Waals surface area contributed by atoms with Crippen molar-refractivity contribution >= 4 is 29.5 Å². The van der Waals surface area contributed by atoms with Crippen LogP contribution in [0, 0.1) is 0 Å². The molecule has 128 valence electrons. The van der Waals surface area contributed by atoms with Crippen molar-refractivity contribution < 1.29 is 19.4 Å². The van der Waals surface area contributed by atoms with Crippen molar-refractivity contribution in [1.82, 2.24) is 0 Å². The lowest BCUT2D eigenvalue weighted by atomic mass is 10.1. The van der Waals surface area contributed by atoms with Crippen molar-refractivity contribution in [3.8, 4) is 5.75 Å². The summed E-state index contributed by atoms with van der Waals surface area (Å²) < 4.78 is 5.47. The molecule has 0 bridgehead atoms. The summed E-state index contributed by atoms with van der Waals surface area (Å²) in [7, 11) is 0. The van der Waals surface area contributed by atoms with E-state index in [2.05, 4.69) is 4.99 Å². The lowest BCUT2D eigenvalue weighted by Crippen LogP contribution is -2.21. The zero-order valence-corrected chi connectivity index (χ0v) is 13.3. The molecule has 0 aliphatic heterocycles. The van der Waals surface area contributed by atoms with E-state index in [4.69, 9.17) is 21.3 Å². The second kappa shape index (κ2) is 8.30. The maximum Gasteiger partial charge on any atom is 0.328 e. The standard InChI is InChI=1S/C18H17N3O4/c19-18(20)21-14-5-2-4-13(10-14)16(22)11-25-15-6-1-3-12(9-15)7-8-17(23)24/h1-10H,11H2,(H,23,24)(H4,19,20,21)/b8-7+. The molecule has 2 rings (SSSR count). The Morgan fingerprint density at radius 3 is 2.60 bits per heavy atom. The molecule has 7 nitrogen and oxygen atoms in total. The van der Waals surface area contributed by atoms with E-state index in [1.165, 1.54) is 6.08 Å². The molecule has 2 aromatic carbocycles. The van der Waals surface area contributed by atoms with Gasteiger partial charge in [0.1, 0.15) is 5.75 Å². The highest BCUT2D eigenvalue weighted by molar-refractivity contribution is 5.98. The topological polar surface area (TPSA) is 128 Å². The van der Waals surface area contributed by atoms with Crippen LogP contribution in [0.3, 0.4) is 0 Å². The van der Waals surface area contributed by atoms with Gasteiger partial charge in [-0.15, -0.1) is 0 Å². The van der Waals surface area contributed by atoms with E-state index >= 15 is 0 Å². The van der Waals surface area contributed by atoms with Crippen molar-refractivity contribution in [3.05, 3.63) is 65.7 Å². The number of nitrogens with zero attached hydrogens (tertiary/aromatic N) is 1. The van der Waals surface area contributed by atoms with Gasteiger partial charge >= 0.3 is 5.97 Å². The Kier molecular flexibility index (Phi) is 5.89. The predicted molar refractivity (Wildman–Crippen MR) is 94.8 cm³/mol. The number of hydrogen-bond acceptors (Lipinski definition) is 4. The molecule has 0 fully saturated rings. The van der Waals surface area contributed by atoms with E-state index in [9.17, 15) is 9.59 Å². The van der Waals surface area contributed by atoms with Gasteiger partial charge in [-0.3, -0.25) is 4.79 Å². The van der Waals surface area contributed by atoms with E-state index in [1.54, 1.807) is 48.5 Å². The fourth-order valence-corrected chi connectivity index (χ4v) is 2.01. The molecule has 0 aliphatic rings. The average molecular weight is 339 g/mol. The van der Waals surface area contributed by atoms with Crippen LogP contribution in [0.2, 0.25) is 0 Å². The molecule has 0 spiro atoms. The second-order valence-electron chi connectivity index (χ2n) is 5.04. The molecule has 7 heteroatoms. The summed E-state index contributed by atoms with van der Waals surface area (Å²) in [5.41, 5.74) is 12.2. The largest absolute Gasteiger partial charge is 0.485 e. The summed E-state index contributed by atoms with van der Waals surface area (Å²) in [6.07, 6.45) is 2.47. The number of aliphatic imine (C=N–C) groups is 1. The van der Waals surface area contributed by atoms with E-state index in [0.717, 1.165) is 6.08 Å². The van der Waals surface area contributed by atoms with Gasteiger partial charge < -0.3 is 21.3 Å². The van der Waals surface area contributed by atoms with Gasteiger partial charge in [0, 0.05) is 11.6 Å². The van der Waals surface area contributed by atoms with Crippen molar-refractivity contribution in [2.24, 2.45) is 16.5 Å². The molecule has 25 heavy (non-hydrogen) atoms. The summed E-state index contributed by atoms with van der Waals surface area (Å²) in [6, 6.07) is 13.3. The average Bonchev–Trinajstić information content (AvgIpc) is 2.58. The molecule has 0 atom stereocenters. The van der Waals surface area contributed by atoms with E-state index in [-0.39, 0.29) is 18.3 Å². The number of hydrogen-bond donors (Lipinski definition) is 3. The SMILES string of the molecule is NC(N)=Nc1cccc(C(=O)COc2cccc(/C=C/C(=O)O)c2)c1. The molecule has 0 heterocycles. The van der Waals surface area contributed by atoms with Crippen molar-refractivity contribution in [2.45, 2.75) is 0 Å². The Bertz CT molecular complexity index is 840. The van der Waals surface area contributed by atoms with Crippen LogP contribution in [0.4, 0.5) is 5.69 Å². The molecule has 0 amide bonds. The number of Topliss-reactive ketones (excluding diaryl/α,β-unsaturated/α-hetero) is 1. The van der Waals surface area contributed by atoms with Crippen LogP contribution < -0.4 is 16.2 Å². The van der Waals surface area contributed by atoms with Gasteiger partial charge in [0.2, 0.25) is 0 Å². The highest BCUT2D eigenvalue weighted by atomic mass is 16.5. The first kappa shape index (κ1) is 17.7. The highest BCUT2D eigenvalue weighted by Crippen LogP contribution is 2.17. The van der Waals surface area contributed by atoms with Gasteiger partial charge in [0.05, 0.1) is 5.69 Å². The molecule has 0 aromatic heterocycles. The van der Waals surface area contributed by atoms with Gasteiger partial charge in [-0.05, 0) is 35.9 Å². The Morgan fingerprint density at radius 1 is 1.12 bits per heavy atom. The molecular formula is C18H17N3O4. The minimum absolute atomic E-state index is 0.0907. The number of rotatable bonds is 7. The number of benzene rings is 2. The van der Waals surface area contributed by atoms with Gasteiger partial charge in [-0.1, -0.05) is 24.3 Å². The zero-order valence-electron chi connectivity index (χ0n) is 13.3. The number of ketones is 1. The number of guanidine groups is 1. The summed E-state index contributed by atoms with van der Waals surface area (Å²) in [4.78, 5) is 26.7. The van der Waals surface area contributed by atoms with Crippen LogP contribution in [-0.2, 0) is 4.79 Å². The number of aliphatic carboxylic acids is 1. The van der Waals surface area contributed by atoms with E-state index in [1.807, 2.05) is 0 Å². The molecule has 0 aliphatic carbocycles. The normalized spacial score (nSPS) is 10.4. The Labute approximate surface area is 144 Å². The monoisotopic (exact) mass is 339 g/mol. The van der Waals surface area contributed by atoms with Crippen molar-refractivity contribution in [3.63, 3.8) is 0 Å². The fourth-order valence-electron chi connectivity index (χ4n) is 2.01. The van der Waals surface area contributed by atoms with Crippen LogP contribution in [0.1, 0.15) is 15.9 Å². The van der Waals surface area contributed by atoms with Crippen LogP contribution in [0.5, 0.6) is 5.75 Å². The lowest BCUT2D eigenvalue weighted by Gasteiger charge is -2.07. The number of ether oxygens (including phenoxy) is 1. The first-order valence-electron chi connectivity index (χ1n) is 7.31. The van der Waals surface area contributed by atoms with Gasteiger partial charge in [0.15, 0.2) is 18.3 Å². The number of carbonyl (C=O) groups excluding carboxylic acids is 1. The van der Waals surface area contributed by atoms with Gasteiger partial charge in [-0.25, -0.2) is 9.79 Å². The second-order valence-corrected chi connectivity index (χ2v) is 5.04. The molecule has 5 N–H and O–H groups in total. The van der Waals surface area contributed by atoms with Gasteiger partial charge in [0.25, 0.3) is 0 Å². The number of carbonyl (C=O) groups is 2. The Balaban J connectivity index is 2.04. The molecule has 0 unspecified atom stereocenters. The zero-order chi connectivity index (χ0) is 18.2. The third kappa shape index (κ3) is 5.83. The lowest BCUT2D eigenvalue weighted by molar-refractivity contribution is -0.131. The number of carboxylic acids is 1. The molecule has 0 saturated heterocycles. The summed E-state index contributed by atoms with van der Waals surface area (Å²) in [5, 5.41) is 8.64.